The molecule has 0 bridgehead atoms. The van der Waals surface area contributed by atoms with Crippen LogP contribution in [0.1, 0.15) is 25.3 Å². The molecule has 6 heteroatoms. The van der Waals surface area contributed by atoms with Crippen molar-refractivity contribution < 1.29 is 14.3 Å². The first-order valence-electron chi connectivity index (χ1n) is 6.85. The van der Waals surface area contributed by atoms with Gasteiger partial charge in [-0.3, -0.25) is 4.79 Å². The number of esters is 1. The van der Waals surface area contributed by atoms with Gasteiger partial charge in [0.05, 0.1) is 9.34 Å². The zero-order valence-corrected chi connectivity index (χ0v) is 14.3. The molecular formula is C15H16BrNO3S. The van der Waals surface area contributed by atoms with E-state index in [4.69, 9.17) is 4.74 Å². The molecule has 2 aliphatic heterocycles. The summed E-state index contributed by atoms with van der Waals surface area (Å²) in [5, 5.41) is 0. The van der Waals surface area contributed by atoms with Crippen molar-refractivity contribution in [2.75, 3.05) is 5.75 Å². The van der Waals surface area contributed by atoms with E-state index >= 15 is 0 Å². The summed E-state index contributed by atoms with van der Waals surface area (Å²) in [5.41, 5.74) is 1.08. The van der Waals surface area contributed by atoms with Gasteiger partial charge < -0.3 is 9.64 Å². The van der Waals surface area contributed by atoms with E-state index in [0.717, 1.165) is 16.5 Å². The number of amides is 1. The van der Waals surface area contributed by atoms with E-state index in [1.165, 1.54) is 0 Å². The van der Waals surface area contributed by atoms with Gasteiger partial charge in [0.15, 0.2) is 0 Å². The summed E-state index contributed by atoms with van der Waals surface area (Å²) in [4.78, 5) is 25.9. The van der Waals surface area contributed by atoms with Crippen LogP contribution in [0.5, 0.6) is 5.75 Å². The van der Waals surface area contributed by atoms with Crippen molar-refractivity contribution in [1.29, 1.82) is 0 Å². The molecule has 2 fully saturated rings. The number of carbonyl (C=O) groups excluding carboxylic acids is 2. The quantitative estimate of drug-likeness (QED) is 0.593. The van der Waals surface area contributed by atoms with Crippen molar-refractivity contribution in [3.8, 4) is 5.75 Å². The highest BCUT2D eigenvalue weighted by atomic mass is 79.9. The third kappa shape index (κ3) is 2.59. The number of aryl methyl sites for hydroxylation is 1. The number of hydrogen-bond donors (Lipinski definition) is 0. The Labute approximate surface area is 136 Å². The van der Waals surface area contributed by atoms with E-state index in [2.05, 4.69) is 15.9 Å². The molecule has 0 saturated carbocycles. The first-order valence-corrected chi connectivity index (χ1v) is 8.62. The summed E-state index contributed by atoms with van der Waals surface area (Å²) in [5.74, 6) is 0.791. The molecule has 1 amide bonds. The Hall–Kier alpha value is -1.01. The van der Waals surface area contributed by atoms with E-state index in [9.17, 15) is 9.59 Å². The third-order valence-electron chi connectivity index (χ3n) is 4.01. The van der Waals surface area contributed by atoms with Gasteiger partial charge in [0.2, 0.25) is 5.91 Å². The molecule has 2 heterocycles. The second-order valence-electron chi connectivity index (χ2n) is 5.62. The van der Waals surface area contributed by atoms with E-state index in [-0.39, 0.29) is 16.7 Å². The number of halogens is 1. The van der Waals surface area contributed by atoms with Crippen LogP contribution in [0.25, 0.3) is 0 Å². The lowest BCUT2D eigenvalue weighted by atomic mass is 10.2. The second-order valence-corrected chi connectivity index (χ2v) is 7.98. The van der Waals surface area contributed by atoms with Crippen LogP contribution in [-0.4, -0.2) is 33.4 Å². The summed E-state index contributed by atoms with van der Waals surface area (Å²) in [6.45, 7) is 4.00. The fourth-order valence-electron chi connectivity index (χ4n) is 2.86. The van der Waals surface area contributed by atoms with E-state index in [0.29, 0.717) is 17.9 Å². The highest BCUT2D eigenvalue weighted by Crippen LogP contribution is 2.47. The Kier molecular flexibility index (Phi) is 3.78. The highest BCUT2D eigenvalue weighted by molar-refractivity contribution is 9.10. The first kappa shape index (κ1) is 14.9. The summed E-state index contributed by atoms with van der Waals surface area (Å²) < 4.78 is 6.24. The number of nitrogens with zero attached hydrogens (tertiary/aromatic N) is 1. The number of carbonyl (C=O) groups is 2. The van der Waals surface area contributed by atoms with Gasteiger partial charge in [-0.1, -0.05) is 6.07 Å². The molecule has 4 nitrogen and oxygen atoms in total. The minimum Gasteiger partial charge on any atom is -0.424 e. The Morgan fingerprint density at radius 1 is 1.52 bits per heavy atom. The summed E-state index contributed by atoms with van der Waals surface area (Å²) >= 11 is 5.07. The van der Waals surface area contributed by atoms with Crippen LogP contribution < -0.4 is 4.74 Å². The molecule has 0 radical (unpaired) electrons. The Balaban J connectivity index is 1.78. The maximum atomic E-state index is 12.4. The number of ether oxygens (including phenoxy) is 1. The first-order chi connectivity index (χ1) is 9.90. The van der Waals surface area contributed by atoms with E-state index in [1.807, 2.05) is 26.0 Å². The lowest BCUT2D eigenvalue weighted by Gasteiger charge is -2.29. The normalized spacial score (nSPS) is 27.9. The summed E-state index contributed by atoms with van der Waals surface area (Å²) in [6, 6.07) is 5.08. The van der Waals surface area contributed by atoms with Crippen molar-refractivity contribution >= 4 is 39.6 Å². The molecule has 112 valence electrons. The minimum absolute atomic E-state index is 0.0485. The molecule has 2 saturated heterocycles. The number of hydrogen-bond acceptors (Lipinski definition) is 4. The number of rotatable bonds is 2. The fraction of sp³-hybridized carbons (Fsp3) is 0.467. The van der Waals surface area contributed by atoms with Crippen molar-refractivity contribution in [3.63, 3.8) is 0 Å². The molecule has 3 rings (SSSR count). The van der Waals surface area contributed by atoms with Crippen LogP contribution in [0.4, 0.5) is 0 Å². The van der Waals surface area contributed by atoms with Gasteiger partial charge in [0.25, 0.3) is 0 Å². The predicted molar refractivity (Wildman–Crippen MR) is 85.2 cm³/mol. The smallest absolute Gasteiger partial charge is 0.335 e. The van der Waals surface area contributed by atoms with Crippen LogP contribution in [0.2, 0.25) is 0 Å². The van der Waals surface area contributed by atoms with Gasteiger partial charge in [-0.05, 0) is 53.9 Å². The Bertz CT molecular complexity index is 621. The predicted octanol–water partition coefficient (Wildman–Crippen LogP) is 3.12. The van der Waals surface area contributed by atoms with Crippen LogP contribution in [0, 0.1) is 6.92 Å². The van der Waals surface area contributed by atoms with Crippen LogP contribution >= 0.6 is 27.7 Å². The molecule has 1 aromatic carbocycles. The van der Waals surface area contributed by atoms with Crippen LogP contribution in [-0.2, 0) is 9.59 Å². The monoisotopic (exact) mass is 369 g/mol. The topological polar surface area (TPSA) is 46.6 Å². The summed E-state index contributed by atoms with van der Waals surface area (Å²) in [7, 11) is 0. The van der Waals surface area contributed by atoms with Crippen molar-refractivity contribution in [1.82, 2.24) is 4.90 Å². The average molecular weight is 370 g/mol. The maximum absolute atomic E-state index is 12.4. The zero-order chi connectivity index (χ0) is 15.2. The Morgan fingerprint density at radius 2 is 2.29 bits per heavy atom. The summed E-state index contributed by atoms with van der Waals surface area (Å²) in [6.07, 6.45) is 1.32. The van der Waals surface area contributed by atoms with Crippen molar-refractivity contribution in [2.24, 2.45) is 0 Å². The highest BCUT2D eigenvalue weighted by Gasteiger charge is 2.53. The fourth-order valence-corrected chi connectivity index (χ4v) is 4.85. The van der Waals surface area contributed by atoms with Gasteiger partial charge in [-0.2, -0.15) is 0 Å². The molecule has 0 unspecified atom stereocenters. The SMILES string of the molecule is Cc1ccc(OC(=O)[C@@H]2CS[C@]3(C)CCC(=O)N23)c(Br)c1. The molecule has 21 heavy (non-hydrogen) atoms. The zero-order valence-electron chi connectivity index (χ0n) is 11.9. The van der Waals surface area contributed by atoms with Crippen LogP contribution in [0.15, 0.2) is 22.7 Å². The molecule has 0 spiro atoms. The van der Waals surface area contributed by atoms with Crippen molar-refractivity contribution in [3.05, 3.63) is 28.2 Å². The van der Waals surface area contributed by atoms with Gasteiger partial charge >= 0.3 is 5.97 Å². The van der Waals surface area contributed by atoms with Gasteiger partial charge in [0.1, 0.15) is 11.8 Å². The number of benzene rings is 1. The number of thioether (sulfide) groups is 1. The molecule has 2 aliphatic rings. The average Bonchev–Trinajstić information content (AvgIpc) is 2.90. The molecule has 0 aliphatic carbocycles. The van der Waals surface area contributed by atoms with Gasteiger partial charge in [-0.25, -0.2) is 4.79 Å². The standard InChI is InChI=1S/C15H16BrNO3S/c1-9-3-4-12(10(16)7-9)20-14(19)11-8-21-15(2)6-5-13(18)17(11)15/h3-4,7,11H,5-6,8H2,1-2H3/t11-,15+/m0/s1. The lowest BCUT2D eigenvalue weighted by Crippen LogP contribution is -2.47. The molecular weight excluding hydrogens is 354 g/mol. The maximum Gasteiger partial charge on any atom is 0.335 e. The third-order valence-corrected chi connectivity index (χ3v) is 6.14. The van der Waals surface area contributed by atoms with E-state index in [1.54, 1.807) is 22.7 Å². The second kappa shape index (κ2) is 5.32. The molecule has 2 atom stereocenters. The van der Waals surface area contributed by atoms with Crippen molar-refractivity contribution in [2.45, 2.75) is 37.6 Å². The lowest BCUT2D eigenvalue weighted by molar-refractivity contribution is -0.146. The van der Waals surface area contributed by atoms with E-state index < -0.39 is 6.04 Å². The minimum atomic E-state index is -0.483. The van der Waals surface area contributed by atoms with Gasteiger partial charge in [0, 0.05) is 12.2 Å². The molecule has 1 aromatic rings. The molecule has 0 aromatic heterocycles. The Morgan fingerprint density at radius 3 is 3.00 bits per heavy atom. The van der Waals surface area contributed by atoms with Gasteiger partial charge in [-0.15, -0.1) is 11.8 Å². The van der Waals surface area contributed by atoms with Crippen LogP contribution in [0.3, 0.4) is 0 Å². The molecule has 0 N–H and O–H groups in total. The largest absolute Gasteiger partial charge is 0.424 e. The number of fused-ring (bicyclic) bond motifs is 1.